The molecule has 0 atom stereocenters. The highest BCUT2D eigenvalue weighted by Gasteiger charge is 1.89. The highest BCUT2D eigenvalue weighted by molar-refractivity contribution is 5.34. The second kappa shape index (κ2) is 2.88. The Bertz CT molecular complexity index is 323. The molecule has 0 aliphatic heterocycles. The maximum absolute atomic E-state index is 8.46. The van der Waals surface area contributed by atoms with Crippen LogP contribution in [0.25, 0.3) is 0 Å². The number of nitriles is 1. The standard InChI is InChI=1S/C8H7NO/c1-10-8-4-2-7(6-9)3-5-8/h2-5H,1H3/i1D3. The summed E-state index contributed by atoms with van der Waals surface area (Å²) < 4.78 is 25.0. The van der Waals surface area contributed by atoms with Crippen molar-refractivity contribution in [3.05, 3.63) is 29.8 Å². The van der Waals surface area contributed by atoms with Crippen LogP contribution in [-0.4, -0.2) is 7.04 Å². The van der Waals surface area contributed by atoms with Crippen molar-refractivity contribution < 1.29 is 8.85 Å². The van der Waals surface area contributed by atoms with E-state index in [1.165, 1.54) is 24.3 Å². The smallest absolute Gasteiger partial charge is 0.118 e. The molecular formula is C8H7NO. The van der Waals surface area contributed by atoms with Gasteiger partial charge in [0.25, 0.3) is 0 Å². The van der Waals surface area contributed by atoms with E-state index in [2.05, 4.69) is 4.74 Å². The molecule has 0 fully saturated rings. The zero-order valence-corrected chi connectivity index (χ0v) is 5.16. The number of benzene rings is 1. The van der Waals surface area contributed by atoms with E-state index < -0.39 is 7.04 Å². The minimum Gasteiger partial charge on any atom is -0.497 e. The van der Waals surface area contributed by atoms with Crippen LogP contribution in [-0.2, 0) is 0 Å². The summed E-state index contributed by atoms with van der Waals surface area (Å²) in [5.74, 6) is 0.235. The Morgan fingerprint density at radius 1 is 1.50 bits per heavy atom. The number of hydrogen-bond donors (Lipinski definition) is 0. The molecule has 0 radical (unpaired) electrons. The molecule has 0 N–H and O–H groups in total. The molecule has 10 heavy (non-hydrogen) atoms. The van der Waals surface area contributed by atoms with Crippen LogP contribution in [0.1, 0.15) is 9.68 Å². The summed E-state index contributed by atoms with van der Waals surface area (Å²) in [6.07, 6.45) is 0. The molecule has 50 valence electrons. The van der Waals surface area contributed by atoms with Crippen LogP contribution >= 0.6 is 0 Å². The number of ether oxygens (including phenoxy) is 1. The number of hydrogen-bond acceptors (Lipinski definition) is 2. The topological polar surface area (TPSA) is 33.0 Å². The first-order chi connectivity index (χ1) is 6.01. The molecule has 2 nitrogen and oxygen atoms in total. The summed E-state index contributed by atoms with van der Waals surface area (Å²) in [5.41, 5.74) is 0.470. The zero-order valence-electron chi connectivity index (χ0n) is 8.16. The lowest BCUT2D eigenvalue weighted by molar-refractivity contribution is 0.415. The van der Waals surface area contributed by atoms with Crippen molar-refractivity contribution in [3.8, 4) is 11.8 Å². The van der Waals surface area contributed by atoms with Gasteiger partial charge in [0.15, 0.2) is 0 Å². The van der Waals surface area contributed by atoms with Crippen molar-refractivity contribution >= 4 is 0 Å². The molecule has 0 saturated carbocycles. The van der Waals surface area contributed by atoms with E-state index in [0.29, 0.717) is 5.56 Å². The van der Waals surface area contributed by atoms with Gasteiger partial charge in [-0.05, 0) is 24.3 Å². The fourth-order valence-corrected chi connectivity index (χ4v) is 0.598. The summed E-state index contributed by atoms with van der Waals surface area (Å²) in [7, 11) is -2.44. The third-order valence-corrected chi connectivity index (χ3v) is 1.10. The monoisotopic (exact) mass is 136 g/mol. The fourth-order valence-electron chi connectivity index (χ4n) is 0.598. The van der Waals surface area contributed by atoms with Crippen LogP contribution in [0.2, 0.25) is 0 Å². The highest BCUT2D eigenvalue weighted by atomic mass is 16.5. The largest absolute Gasteiger partial charge is 0.497 e. The van der Waals surface area contributed by atoms with Crippen molar-refractivity contribution in [2.75, 3.05) is 7.04 Å². The average Bonchev–Trinajstić information content (AvgIpc) is 2.03. The molecule has 1 rings (SSSR count). The second-order valence-corrected chi connectivity index (χ2v) is 1.74. The Hall–Kier alpha value is -1.49. The minimum absolute atomic E-state index is 0.235. The van der Waals surface area contributed by atoms with Crippen LogP contribution in [0, 0.1) is 11.3 Å². The average molecular weight is 136 g/mol. The summed E-state index contributed by atoms with van der Waals surface area (Å²) in [5, 5.41) is 8.46. The maximum Gasteiger partial charge on any atom is 0.118 e. The third kappa shape index (κ3) is 1.26. The lowest BCUT2D eigenvalue weighted by Crippen LogP contribution is -1.81. The van der Waals surface area contributed by atoms with Gasteiger partial charge in [0, 0.05) is 0 Å². The van der Waals surface area contributed by atoms with Gasteiger partial charge in [-0.3, -0.25) is 0 Å². The van der Waals surface area contributed by atoms with Crippen molar-refractivity contribution in [1.29, 1.82) is 5.26 Å². The summed E-state index contributed by atoms with van der Waals surface area (Å²) in [4.78, 5) is 0. The summed E-state index contributed by atoms with van der Waals surface area (Å²) in [6, 6.07) is 7.82. The predicted octanol–water partition coefficient (Wildman–Crippen LogP) is 1.57. The van der Waals surface area contributed by atoms with Crippen molar-refractivity contribution in [2.24, 2.45) is 0 Å². The third-order valence-electron chi connectivity index (χ3n) is 1.10. The van der Waals surface area contributed by atoms with E-state index in [0.717, 1.165) is 0 Å². The van der Waals surface area contributed by atoms with Crippen molar-refractivity contribution in [2.45, 2.75) is 0 Å². The molecule has 0 amide bonds. The fraction of sp³-hybridized carbons (Fsp3) is 0.125. The first-order valence-corrected chi connectivity index (χ1v) is 2.70. The Morgan fingerprint density at radius 3 is 2.70 bits per heavy atom. The minimum atomic E-state index is -2.44. The summed E-state index contributed by atoms with van der Waals surface area (Å²) >= 11 is 0. The van der Waals surface area contributed by atoms with Crippen molar-refractivity contribution in [1.82, 2.24) is 0 Å². The van der Waals surface area contributed by atoms with E-state index in [1.807, 2.05) is 6.07 Å². The van der Waals surface area contributed by atoms with Gasteiger partial charge < -0.3 is 4.74 Å². The molecule has 0 unspecified atom stereocenters. The zero-order chi connectivity index (χ0) is 9.90. The Labute approximate surface area is 63.9 Å². The van der Waals surface area contributed by atoms with E-state index in [9.17, 15) is 0 Å². The SMILES string of the molecule is [2H]C([2H])([2H])Oc1ccc(C#N)cc1. The summed E-state index contributed by atoms with van der Waals surface area (Å²) in [6.45, 7) is 0. The van der Waals surface area contributed by atoms with Crippen LogP contribution in [0.5, 0.6) is 5.75 Å². The molecule has 1 aromatic rings. The molecule has 0 saturated heterocycles. The number of nitrogens with zero attached hydrogens (tertiary/aromatic N) is 1. The van der Waals surface area contributed by atoms with Gasteiger partial charge in [-0.1, -0.05) is 0 Å². The predicted molar refractivity (Wildman–Crippen MR) is 37.7 cm³/mol. The second-order valence-electron chi connectivity index (χ2n) is 1.74. The van der Waals surface area contributed by atoms with Gasteiger partial charge in [0.2, 0.25) is 0 Å². The molecule has 1 aromatic carbocycles. The molecule has 2 heteroatoms. The lowest BCUT2D eigenvalue weighted by atomic mass is 10.2. The van der Waals surface area contributed by atoms with Gasteiger partial charge in [-0.25, -0.2) is 0 Å². The first kappa shape index (κ1) is 3.62. The Balaban J connectivity index is 2.77. The van der Waals surface area contributed by atoms with Crippen LogP contribution in [0.4, 0.5) is 0 Å². The van der Waals surface area contributed by atoms with Gasteiger partial charge in [-0.15, -0.1) is 0 Å². The normalized spacial score (nSPS) is 14.1. The Morgan fingerprint density at radius 2 is 2.20 bits per heavy atom. The van der Waals surface area contributed by atoms with Crippen LogP contribution in [0.15, 0.2) is 24.3 Å². The van der Waals surface area contributed by atoms with E-state index in [4.69, 9.17) is 9.37 Å². The molecule has 0 aliphatic rings. The maximum atomic E-state index is 8.46. The lowest BCUT2D eigenvalue weighted by Gasteiger charge is -1.96. The first-order valence-electron chi connectivity index (χ1n) is 4.20. The van der Waals surface area contributed by atoms with Gasteiger partial charge in [-0.2, -0.15) is 5.26 Å². The van der Waals surface area contributed by atoms with Crippen LogP contribution in [0.3, 0.4) is 0 Å². The van der Waals surface area contributed by atoms with Crippen molar-refractivity contribution in [3.63, 3.8) is 0 Å². The van der Waals surface area contributed by atoms with E-state index in [1.54, 1.807) is 0 Å². The Kier molecular flexibility index (Phi) is 1.04. The van der Waals surface area contributed by atoms with Gasteiger partial charge in [0.1, 0.15) is 5.75 Å². The van der Waals surface area contributed by atoms with E-state index in [-0.39, 0.29) is 5.75 Å². The molecule has 0 heterocycles. The molecular weight excluding hydrogens is 126 g/mol. The molecule has 0 spiro atoms. The van der Waals surface area contributed by atoms with E-state index >= 15 is 0 Å². The van der Waals surface area contributed by atoms with Crippen LogP contribution < -0.4 is 4.74 Å². The van der Waals surface area contributed by atoms with Gasteiger partial charge in [0.05, 0.1) is 22.8 Å². The highest BCUT2D eigenvalue weighted by Crippen LogP contribution is 2.09. The number of methoxy groups -OCH3 is 1. The molecule has 0 aliphatic carbocycles. The quantitative estimate of drug-likeness (QED) is 0.587. The molecule has 0 bridgehead atoms. The van der Waals surface area contributed by atoms with Gasteiger partial charge >= 0.3 is 0 Å². The molecule has 0 aromatic heterocycles. The number of rotatable bonds is 1.